The maximum absolute atomic E-state index is 14.1. The molecule has 0 aliphatic carbocycles. The molecule has 0 N–H and O–H groups in total. The smallest absolute Gasteiger partial charge is 0.409 e. The van der Waals surface area contributed by atoms with Crippen molar-refractivity contribution in [1.29, 1.82) is 0 Å². The normalized spacial score (nSPS) is 15.3. The topological polar surface area (TPSA) is 32.8 Å². The molecule has 1 heterocycles. The highest BCUT2D eigenvalue weighted by atomic mass is 19.1. The molecule has 1 saturated heterocycles. The molecule has 1 aliphatic heterocycles. The number of rotatable bonds is 3. The van der Waals surface area contributed by atoms with Gasteiger partial charge in [-0.25, -0.2) is 9.18 Å². The second kappa shape index (κ2) is 7.45. The number of carbonyl (C=O) groups excluding carboxylic acids is 1. The third kappa shape index (κ3) is 3.57. The van der Waals surface area contributed by atoms with E-state index in [4.69, 9.17) is 4.74 Å². The summed E-state index contributed by atoms with van der Waals surface area (Å²) in [6.07, 6.45) is -0.276. The number of ether oxygens (including phenoxy) is 1. The van der Waals surface area contributed by atoms with Crippen molar-refractivity contribution in [3.63, 3.8) is 0 Å². The second-order valence-electron chi connectivity index (χ2n) is 5.87. The van der Waals surface area contributed by atoms with Crippen LogP contribution in [-0.2, 0) is 11.3 Å². The highest BCUT2D eigenvalue weighted by Gasteiger charge is 2.22. The van der Waals surface area contributed by atoms with Crippen LogP contribution in [0.25, 0.3) is 11.1 Å². The number of halogens is 1. The first-order chi connectivity index (χ1) is 11.7. The molecule has 1 fully saturated rings. The predicted octanol–water partition coefficient (Wildman–Crippen LogP) is 3.38. The Kier molecular flexibility index (Phi) is 5.11. The van der Waals surface area contributed by atoms with Gasteiger partial charge in [-0.15, -0.1) is 0 Å². The van der Waals surface area contributed by atoms with Crippen molar-refractivity contribution in [2.45, 2.75) is 6.54 Å². The van der Waals surface area contributed by atoms with Crippen molar-refractivity contribution in [3.8, 4) is 11.1 Å². The van der Waals surface area contributed by atoms with E-state index in [0.29, 0.717) is 18.7 Å². The summed E-state index contributed by atoms with van der Waals surface area (Å²) in [6.45, 7) is 3.59. The van der Waals surface area contributed by atoms with Gasteiger partial charge in [0.2, 0.25) is 0 Å². The van der Waals surface area contributed by atoms with E-state index in [1.54, 1.807) is 11.0 Å². The first kappa shape index (κ1) is 16.5. The van der Waals surface area contributed by atoms with Gasteiger partial charge in [0.15, 0.2) is 0 Å². The van der Waals surface area contributed by atoms with E-state index in [2.05, 4.69) is 4.90 Å². The molecule has 4 nitrogen and oxygen atoms in total. The van der Waals surface area contributed by atoms with Crippen LogP contribution in [0, 0.1) is 5.82 Å². The highest BCUT2D eigenvalue weighted by molar-refractivity contribution is 5.68. The molecule has 126 valence electrons. The SMILES string of the molecule is COC(=O)N1CCN(Cc2ccccc2-c2ccccc2F)CC1. The lowest BCUT2D eigenvalue weighted by molar-refractivity contribution is 0.0889. The van der Waals surface area contributed by atoms with Crippen molar-refractivity contribution >= 4 is 6.09 Å². The fraction of sp³-hybridized carbons (Fsp3) is 0.316. The van der Waals surface area contributed by atoms with Crippen LogP contribution in [0.2, 0.25) is 0 Å². The maximum atomic E-state index is 14.1. The Labute approximate surface area is 141 Å². The highest BCUT2D eigenvalue weighted by Crippen LogP contribution is 2.27. The molecule has 5 heteroatoms. The minimum absolute atomic E-state index is 0.208. The van der Waals surface area contributed by atoms with Crippen molar-refractivity contribution in [2.24, 2.45) is 0 Å². The number of carbonyl (C=O) groups is 1. The van der Waals surface area contributed by atoms with E-state index < -0.39 is 0 Å². The number of hydrogen-bond donors (Lipinski definition) is 0. The van der Waals surface area contributed by atoms with E-state index in [0.717, 1.165) is 30.8 Å². The molecule has 0 saturated carbocycles. The molecule has 0 bridgehead atoms. The summed E-state index contributed by atoms with van der Waals surface area (Å²) < 4.78 is 18.9. The fourth-order valence-corrected chi connectivity index (χ4v) is 3.06. The van der Waals surface area contributed by atoms with Crippen molar-refractivity contribution < 1.29 is 13.9 Å². The third-order valence-corrected chi connectivity index (χ3v) is 4.38. The molecule has 3 rings (SSSR count). The van der Waals surface area contributed by atoms with E-state index in [-0.39, 0.29) is 11.9 Å². The van der Waals surface area contributed by atoms with E-state index in [1.165, 1.54) is 13.2 Å². The standard InChI is InChI=1S/C19H21FN2O2/c1-24-19(23)22-12-10-21(11-13-22)14-15-6-2-3-7-16(15)17-8-4-5-9-18(17)20/h2-9H,10-14H2,1H3. The number of piperazine rings is 1. The molecule has 0 spiro atoms. The number of methoxy groups -OCH3 is 1. The Hall–Kier alpha value is -2.40. The van der Waals surface area contributed by atoms with E-state index >= 15 is 0 Å². The van der Waals surface area contributed by atoms with Gasteiger partial charge in [0, 0.05) is 38.3 Å². The van der Waals surface area contributed by atoms with Crippen LogP contribution in [0.5, 0.6) is 0 Å². The molecule has 0 aromatic heterocycles. The minimum atomic E-state index is -0.276. The minimum Gasteiger partial charge on any atom is -0.453 e. The summed E-state index contributed by atoms with van der Waals surface area (Å²) >= 11 is 0. The predicted molar refractivity (Wildman–Crippen MR) is 91.1 cm³/mol. The van der Waals surface area contributed by atoms with Crippen LogP contribution < -0.4 is 0 Å². The lowest BCUT2D eigenvalue weighted by Gasteiger charge is -2.34. The Morgan fingerprint density at radius 3 is 2.29 bits per heavy atom. The van der Waals surface area contributed by atoms with Crippen LogP contribution in [0.15, 0.2) is 48.5 Å². The number of amides is 1. The average molecular weight is 328 g/mol. The maximum Gasteiger partial charge on any atom is 0.409 e. The lowest BCUT2D eigenvalue weighted by Crippen LogP contribution is -2.48. The monoisotopic (exact) mass is 328 g/mol. The molecular weight excluding hydrogens is 307 g/mol. The third-order valence-electron chi connectivity index (χ3n) is 4.38. The summed E-state index contributed by atoms with van der Waals surface area (Å²) in [5, 5.41) is 0. The largest absolute Gasteiger partial charge is 0.453 e. The van der Waals surface area contributed by atoms with Crippen LogP contribution in [-0.4, -0.2) is 49.2 Å². The quantitative estimate of drug-likeness (QED) is 0.866. The Morgan fingerprint density at radius 1 is 1.00 bits per heavy atom. The van der Waals surface area contributed by atoms with E-state index in [1.807, 2.05) is 36.4 Å². The van der Waals surface area contributed by atoms with Crippen LogP contribution >= 0.6 is 0 Å². The van der Waals surface area contributed by atoms with Crippen molar-refractivity contribution in [1.82, 2.24) is 9.80 Å². The Morgan fingerprint density at radius 2 is 1.62 bits per heavy atom. The van der Waals surface area contributed by atoms with Crippen LogP contribution in [0.4, 0.5) is 9.18 Å². The van der Waals surface area contributed by atoms with Gasteiger partial charge < -0.3 is 9.64 Å². The van der Waals surface area contributed by atoms with Crippen LogP contribution in [0.1, 0.15) is 5.56 Å². The number of benzene rings is 2. The lowest BCUT2D eigenvalue weighted by atomic mass is 9.98. The van der Waals surface area contributed by atoms with Gasteiger partial charge in [0.05, 0.1) is 7.11 Å². The number of hydrogen-bond acceptors (Lipinski definition) is 3. The Bertz CT molecular complexity index is 712. The van der Waals surface area contributed by atoms with Crippen molar-refractivity contribution in [2.75, 3.05) is 33.3 Å². The molecule has 0 unspecified atom stereocenters. The van der Waals surface area contributed by atoms with Gasteiger partial charge in [-0.05, 0) is 17.2 Å². The van der Waals surface area contributed by atoms with Crippen LogP contribution in [0.3, 0.4) is 0 Å². The summed E-state index contributed by atoms with van der Waals surface area (Å²) in [7, 11) is 1.40. The first-order valence-electron chi connectivity index (χ1n) is 8.07. The summed E-state index contributed by atoms with van der Waals surface area (Å²) in [4.78, 5) is 15.5. The van der Waals surface area contributed by atoms with Crippen molar-refractivity contribution in [3.05, 3.63) is 59.9 Å². The zero-order valence-corrected chi connectivity index (χ0v) is 13.7. The van der Waals surface area contributed by atoms with Gasteiger partial charge >= 0.3 is 6.09 Å². The van der Waals surface area contributed by atoms with Gasteiger partial charge in [-0.1, -0.05) is 42.5 Å². The molecule has 1 amide bonds. The first-order valence-corrected chi connectivity index (χ1v) is 8.07. The van der Waals surface area contributed by atoms with E-state index in [9.17, 15) is 9.18 Å². The molecule has 2 aromatic carbocycles. The summed E-state index contributed by atoms with van der Waals surface area (Å²) in [5.41, 5.74) is 2.64. The number of nitrogens with zero attached hydrogens (tertiary/aromatic N) is 2. The Balaban J connectivity index is 1.73. The molecule has 2 aromatic rings. The van der Waals surface area contributed by atoms with Gasteiger partial charge in [-0.3, -0.25) is 4.90 Å². The molecule has 24 heavy (non-hydrogen) atoms. The average Bonchev–Trinajstić information content (AvgIpc) is 2.63. The second-order valence-corrected chi connectivity index (χ2v) is 5.87. The fourth-order valence-electron chi connectivity index (χ4n) is 3.06. The molecule has 0 radical (unpaired) electrons. The zero-order chi connectivity index (χ0) is 16.9. The zero-order valence-electron chi connectivity index (χ0n) is 13.7. The summed E-state index contributed by atoms with van der Waals surface area (Å²) in [5.74, 6) is -0.208. The molecule has 0 atom stereocenters. The van der Waals surface area contributed by atoms with Gasteiger partial charge in [0.25, 0.3) is 0 Å². The van der Waals surface area contributed by atoms with Gasteiger partial charge in [0.1, 0.15) is 5.82 Å². The molecular formula is C19H21FN2O2. The molecule has 1 aliphatic rings. The summed E-state index contributed by atoms with van der Waals surface area (Å²) in [6, 6.07) is 14.8. The van der Waals surface area contributed by atoms with Gasteiger partial charge in [-0.2, -0.15) is 0 Å².